The lowest BCUT2D eigenvalue weighted by Gasteiger charge is -2.06. The SMILES string of the molecule is CCCOC(=O)[C@@H](N)CO. The van der Waals surface area contributed by atoms with Gasteiger partial charge in [0.25, 0.3) is 0 Å². The minimum Gasteiger partial charge on any atom is -0.464 e. The summed E-state index contributed by atoms with van der Waals surface area (Å²) in [4.78, 5) is 10.6. The van der Waals surface area contributed by atoms with Gasteiger partial charge >= 0.3 is 5.97 Å². The van der Waals surface area contributed by atoms with Crippen molar-refractivity contribution < 1.29 is 14.6 Å². The Morgan fingerprint density at radius 3 is 2.80 bits per heavy atom. The van der Waals surface area contributed by atoms with Gasteiger partial charge in [0.1, 0.15) is 6.04 Å². The molecule has 0 unspecified atom stereocenters. The first-order valence-corrected chi connectivity index (χ1v) is 3.25. The quantitative estimate of drug-likeness (QED) is 0.514. The molecule has 0 aliphatic rings. The van der Waals surface area contributed by atoms with E-state index in [2.05, 4.69) is 4.74 Å². The van der Waals surface area contributed by atoms with Gasteiger partial charge in [-0.15, -0.1) is 0 Å². The van der Waals surface area contributed by atoms with Crippen molar-refractivity contribution in [2.75, 3.05) is 13.2 Å². The van der Waals surface area contributed by atoms with E-state index in [0.29, 0.717) is 6.61 Å². The number of nitrogens with two attached hydrogens (primary N) is 1. The topological polar surface area (TPSA) is 72.5 Å². The molecule has 0 fully saturated rings. The number of ether oxygens (including phenoxy) is 1. The van der Waals surface area contributed by atoms with Crippen LogP contribution in [0.3, 0.4) is 0 Å². The Hall–Kier alpha value is -0.610. The first-order chi connectivity index (χ1) is 4.72. The van der Waals surface area contributed by atoms with Crippen LogP contribution < -0.4 is 5.73 Å². The Kier molecular flexibility index (Phi) is 4.88. The van der Waals surface area contributed by atoms with E-state index in [1.807, 2.05) is 6.92 Å². The summed E-state index contributed by atoms with van der Waals surface area (Å²) in [5.74, 6) is -0.538. The van der Waals surface area contributed by atoms with Gasteiger partial charge in [-0.2, -0.15) is 0 Å². The fraction of sp³-hybridized carbons (Fsp3) is 0.833. The van der Waals surface area contributed by atoms with E-state index >= 15 is 0 Å². The van der Waals surface area contributed by atoms with Crippen LogP contribution in [0.4, 0.5) is 0 Å². The molecule has 1 atom stereocenters. The molecule has 0 aromatic rings. The van der Waals surface area contributed by atoms with Crippen LogP contribution in [0.1, 0.15) is 13.3 Å². The highest BCUT2D eigenvalue weighted by molar-refractivity contribution is 5.75. The van der Waals surface area contributed by atoms with Gasteiger partial charge in [0.15, 0.2) is 0 Å². The average Bonchev–Trinajstić information content (AvgIpc) is 1.98. The second kappa shape index (κ2) is 5.20. The predicted octanol–water partition coefficient (Wildman–Crippen LogP) is -0.741. The Balaban J connectivity index is 3.42. The molecule has 4 nitrogen and oxygen atoms in total. The van der Waals surface area contributed by atoms with Crippen molar-refractivity contribution in [1.29, 1.82) is 0 Å². The average molecular weight is 147 g/mol. The van der Waals surface area contributed by atoms with Gasteiger partial charge in [-0.1, -0.05) is 6.92 Å². The number of rotatable bonds is 4. The lowest BCUT2D eigenvalue weighted by Crippen LogP contribution is -2.35. The highest BCUT2D eigenvalue weighted by Crippen LogP contribution is 1.85. The molecule has 0 bridgehead atoms. The molecule has 0 spiro atoms. The second-order valence-electron chi connectivity index (χ2n) is 1.96. The van der Waals surface area contributed by atoms with Crippen molar-refractivity contribution in [3.63, 3.8) is 0 Å². The summed E-state index contributed by atoms with van der Waals surface area (Å²) in [6.45, 7) is 1.90. The molecular weight excluding hydrogens is 134 g/mol. The summed E-state index contributed by atoms with van der Waals surface area (Å²) in [7, 11) is 0. The number of hydrogen-bond donors (Lipinski definition) is 2. The van der Waals surface area contributed by atoms with E-state index < -0.39 is 12.0 Å². The molecule has 0 aliphatic heterocycles. The molecule has 0 radical (unpaired) electrons. The molecule has 0 heterocycles. The van der Waals surface area contributed by atoms with Crippen molar-refractivity contribution in [3.05, 3.63) is 0 Å². The van der Waals surface area contributed by atoms with Crippen molar-refractivity contribution in [3.8, 4) is 0 Å². The number of carbonyl (C=O) groups is 1. The molecule has 4 heteroatoms. The van der Waals surface area contributed by atoms with E-state index in [1.54, 1.807) is 0 Å². The summed E-state index contributed by atoms with van der Waals surface area (Å²) in [6, 6.07) is -0.883. The number of aliphatic hydroxyl groups excluding tert-OH is 1. The zero-order chi connectivity index (χ0) is 7.98. The molecule has 0 aliphatic carbocycles. The molecule has 0 aromatic carbocycles. The normalized spacial score (nSPS) is 12.7. The second-order valence-corrected chi connectivity index (χ2v) is 1.96. The van der Waals surface area contributed by atoms with E-state index in [-0.39, 0.29) is 6.61 Å². The third kappa shape index (κ3) is 3.42. The maximum atomic E-state index is 10.6. The van der Waals surface area contributed by atoms with Crippen LogP contribution in [0, 0.1) is 0 Å². The van der Waals surface area contributed by atoms with Gasteiger partial charge in [0.2, 0.25) is 0 Å². The van der Waals surface area contributed by atoms with Gasteiger partial charge in [-0.25, -0.2) is 0 Å². The number of esters is 1. The zero-order valence-electron chi connectivity index (χ0n) is 6.04. The predicted molar refractivity (Wildman–Crippen MR) is 36.3 cm³/mol. The largest absolute Gasteiger partial charge is 0.464 e. The number of hydrogen-bond acceptors (Lipinski definition) is 4. The smallest absolute Gasteiger partial charge is 0.325 e. The summed E-state index contributed by atoms with van der Waals surface area (Å²) < 4.78 is 4.62. The minimum absolute atomic E-state index is 0.359. The van der Waals surface area contributed by atoms with Crippen LogP contribution in [0.15, 0.2) is 0 Å². The van der Waals surface area contributed by atoms with Crippen LogP contribution in [-0.4, -0.2) is 30.3 Å². The molecule has 0 amide bonds. The first-order valence-electron chi connectivity index (χ1n) is 3.25. The van der Waals surface area contributed by atoms with Gasteiger partial charge in [0, 0.05) is 0 Å². The van der Waals surface area contributed by atoms with Crippen LogP contribution in [0.25, 0.3) is 0 Å². The van der Waals surface area contributed by atoms with Gasteiger partial charge in [-0.3, -0.25) is 4.79 Å². The standard InChI is InChI=1S/C6H13NO3/c1-2-3-10-6(9)5(7)4-8/h5,8H,2-4,7H2,1H3/t5-/m0/s1. The Morgan fingerprint density at radius 1 is 1.80 bits per heavy atom. The van der Waals surface area contributed by atoms with Crippen LogP contribution in [0.2, 0.25) is 0 Å². The molecule has 0 saturated carbocycles. The van der Waals surface area contributed by atoms with Gasteiger partial charge < -0.3 is 15.6 Å². The Bertz CT molecular complexity index is 105. The third-order valence-corrected chi connectivity index (χ3v) is 0.948. The van der Waals surface area contributed by atoms with E-state index in [4.69, 9.17) is 10.8 Å². The first kappa shape index (κ1) is 9.39. The minimum atomic E-state index is -0.883. The van der Waals surface area contributed by atoms with Gasteiger partial charge in [-0.05, 0) is 6.42 Å². The summed E-state index contributed by atoms with van der Waals surface area (Å²) in [5, 5.41) is 8.38. The maximum Gasteiger partial charge on any atom is 0.325 e. The van der Waals surface area contributed by atoms with Crippen LogP contribution in [-0.2, 0) is 9.53 Å². The Labute approximate surface area is 60.0 Å². The van der Waals surface area contributed by atoms with Crippen LogP contribution >= 0.6 is 0 Å². The summed E-state index contributed by atoms with van der Waals surface area (Å²) >= 11 is 0. The molecule has 10 heavy (non-hydrogen) atoms. The van der Waals surface area contributed by atoms with E-state index in [0.717, 1.165) is 6.42 Å². The molecule has 0 rings (SSSR count). The monoisotopic (exact) mass is 147 g/mol. The van der Waals surface area contributed by atoms with Gasteiger partial charge in [0.05, 0.1) is 13.2 Å². The lowest BCUT2D eigenvalue weighted by atomic mass is 10.3. The van der Waals surface area contributed by atoms with Crippen molar-refractivity contribution in [1.82, 2.24) is 0 Å². The zero-order valence-corrected chi connectivity index (χ0v) is 6.04. The van der Waals surface area contributed by atoms with E-state index in [1.165, 1.54) is 0 Å². The molecule has 0 saturated heterocycles. The highest BCUT2D eigenvalue weighted by atomic mass is 16.5. The summed E-state index contributed by atoms with van der Waals surface area (Å²) in [5.41, 5.74) is 5.13. The Morgan fingerprint density at radius 2 is 2.40 bits per heavy atom. The van der Waals surface area contributed by atoms with Crippen molar-refractivity contribution >= 4 is 5.97 Å². The number of aliphatic hydroxyl groups is 1. The third-order valence-electron chi connectivity index (χ3n) is 0.948. The fourth-order valence-corrected chi connectivity index (χ4v) is 0.384. The van der Waals surface area contributed by atoms with Crippen molar-refractivity contribution in [2.24, 2.45) is 5.73 Å². The van der Waals surface area contributed by atoms with Crippen LogP contribution in [0.5, 0.6) is 0 Å². The van der Waals surface area contributed by atoms with E-state index in [9.17, 15) is 4.79 Å². The number of carbonyl (C=O) groups excluding carboxylic acids is 1. The fourth-order valence-electron chi connectivity index (χ4n) is 0.384. The lowest BCUT2D eigenvalue weighted by molar-refractivity contribution is -0.146. The maximum absolute atomic E-state index is 10.6. The van der Waals surface area contributed by atoms with Crippen molar-refractivity contribution in [2.45, 2.75) is 19.4 Å². The molecule has 3 N–H and O–H groups in total. The molecule has 0 aromatic heterocycles. The summed E-state index contributed by atoms with van der Waals surface area (Å²) in [6.07, 6.45) is 0.768. The molecular formula is C6H13NO3. The molecule has 60 valence electrons. The highest BCUT2D eigenvalue weighted by Gasteiger charge is 2.11.